The summed E-state index contributed by atoms with van der Waals surface area (Å²) >= 11 is 5.92. The SMILES string of the molecule is CNC(=N)NCc1ccccc1Cl. The molecule has 3 nitrogen and oxygen atoms in total. The molecule has 0 aliphatic carbocycles. The molecule has 1 aromatic carbocycles. The van der Waals surface area contributed by atoms with Gasteiger partial charge in [0, 0.05) is 18.6 Å². The summed E-state index contributed by atoms with van der Waals surface area (Å²) in [5.41, 5.74) is 0.990. The monoisotopic (exact) mass is 197 g/mol. The van der Waals surface area contributed by atoms with Crippen LogP contribution in [0.15, 0.2) is 24.3 Å². The molecule has 1 rings (SSSR count). The fourth-order valence-corrected chi connectivity index (χ4v) is 1.12. The van der Waals surface area contributed by atoms with Crippen molar-refractivity contribution in [3.05, 3.63) is 34.9 Å². The zero-order valence-electron chi connectivity index (χ0n) is 7.39. The summed E-state index contributed by atoms with van der Waals surface area (Å²) in [5.74, 6) is 0.292. The maximum Gasteiger partial charge on any atom is 0.188 e. The van der Waals surface area contributed by atoms with E-state index in [1.54, 1.807) is 7.05 Å². The van der Waals surface area contributed by atoms with E-state index in [0.29, 0.717) is 12.5 Å². The summed E-state index contributed by atoms with van der Waals surface area (Å²) in [6, 6.07) is 7.57. The first-order valence-electron chi connectivity index (χ1n) is 3.97. The van der Waals surface area contributed by atoms with E-state index < -0.39 is 0 Å². The molecule has 13 heavy (non-hydrogen) atoms. The Morgan fingerprint density at radius 3 is 2.77 bits per heavy atom. The van der Waals surface area contributed by atoms with E-state index in [9.17, 15) is 0 Å². The van der Waals surface area contributed by atoms with Gasteiger partial charge in [-0.15, -0.1) is 0 Å². The van der Waals surface area contributed by atoms with Crippen molar-refractivity contribution in [2.45, 2.75) is 6.54 Å². The average Bonchev–Trinajstić information content (AvgIpc) is 2.16. The molecule has 0 bridgehead atoms. The number of rotatable bonds is 2. The second-order valence-electron chi connectivity index (χ2n) is 2.57. The molecule has 0 saturated heterocycles. The second-order valence-corrected chi connectivity index (χ2v) is 2.98. The molecular weight excluding hydrogens is 186 g/mol. The number of hydrogen-bond acceptors (Lipinski definition) is 1. The van der Waals surface area contributed by atoms with Crippen LogP contribution >= 0.6 is 11.6 Å². The van der Waals surface area contributed by atoms with Crippen molar-refractivity contribution in [3.8, 4) is 0 Å². The largest absolute Gasteiger partial charge is 0.360 e. The van der Waals surface area contributed by atoms with Crippen LogP contribution in [0.3, 0.4) is 0 Å². The van der Waals surface area contributed by atoms with Crippen molar-refractivity contribution in [1.82, 2.24) is 10.6 Å². The third-order valence-corrected chi connectivity index (χ3v) is 2.03. The van der Waals surface area contributed by atoms with Gasteiger partial charge in [-0.05, 0) is 11.6 Å². The van der Waals surface area contributed by atoms with Gasteiger partial charge in [0.1, 0.15) is 0 Å². The van der Waals surface area contributed by atoms with Gasteiger partial charge in [0.05, 0.1) is 0 Å². The van der Waals surface area contributed by atoms with Crippen molar-refractivity contribution < 1.29 is 0 Å². The Balaban J connectivity index is 2.54. The van der Waals surface area contributed by atoms with Crippen LogP contribution in [-0.2, 0) is 6.54 Å². The van der Waals surface area contributed by atoms with Crippen LogP contribution in [0.1, 0.15) is 5.56 Å². The third-order valence-electron chi connectivity index (χ3n) is 1.66. The van der Waals surface area contributed by atoms with Gasteiger partial charge >= 0.3 is 0 Å². The van der Waals surface area contributed by atoms with E-state index in [1.165, 1.54) is 0 Å². The zero-order valence-corrected chi connectivity index (χ0v) is 8.15. The highest BCUT2D eigenvalue weighted by atomic mass is 35.5. The first-order chi connectivity index (χ1) is 6.24. The van der Waals surface area contributed by atoms with E-state index >= 15 is 0 Å². The van der Waals surface area contributed by atoms with Crippen molar-refractivity contribution in [3.63, 3.8) is 0 Å². The Labute approximate surface area is 82.6 Å². The summed E-state index contributed by atoms with van der Waals surface area (Å²) in [6.07, 6.45) is 0. The van der Waals surface area contributed by atoms with Crippen molar-refractivity contribution in [2.75, 3.05) is 7.05 Å². The third kappa shape index (κ3) is 2.95. The molecule has 0 saturated carbocycles. The lowest BCUT2D eigenvalue weighted by atomic mass is 10.2. The van der Waals surface area contributed by atoms with Gasteiger partial charge in [0.15, 0.2) is 5.96 Å². The predicted octanol–water partition coefficient (Wildman–Crippen LogP) is 1.58. The Bertz CT molecular complexity index is 299. The average molecular weight is 198 g/mol. The summed E-state index contributed by atoms with van der Waals surface area (Å²) in [5, 5.41) is 13.6. The van der Waals surface area contributed by atoms with Crippen molar-refractivity contribution in [2.24, 2.45) is 0 Å². The highest BCUT2D eigenvalue weighted by Gasteiger charge is 1.98. The van der Waals surface area contributed by atoms with Crippen LogP contribution in [0.2, 0.25) is 5.02 Å². The topological polar surface area (TPSA) is 47.9 Å². The molecule has 4 heteroatoms. The van der Waals surface area contributed by atoms with Crippen LogP contribution in [0.5, 0.6) is 0 Å². The molecular formula is C9H12ClN3. The van der Waals surface area contributed by atoms with Gasteiger partial charge < -0.3 is 10.6 Å². The van der Waals surface area contributed by atoms with Gasteiger partial charge in [-0.25, -0.2) is 0 Å². The summed E-state index contributed by atoms with van der Waals surface area (Å²) < 4.78 is 0. The Hall–Kier alpha value is -1.22. The minimum absolute atomic E-state index is 0.292. The van der Waals surface area contributed by atoms with Crippen LogP contribution in [0, 0.1) is 5.41 Å². The first kappa shape index (κ1) is 9.86. The van der Waals surface area contributed by atoms with E-state index in [4.69, 9.17) is 17.0 Å². The van der Waals surface area contributed by atoms with Gasteiger partial charge in [-0.2, -0.15) is 0 Å². The maximum atomic E-state index is 7.29. The predicted molar refractivity (Wildman–Crippen MR) is 55.1 cm³/mol. The van der Waals surface area contributed by atoms with Crippen LogP contribution in [-0.4, -0.2) is 13.0 Å². The molecule has 1 aromatic rings. The van der Waals surface area contributed by atoms with E-state index in [1.807, 2.05) is 24.3 Å². The van der Waals surface area contributed by atoms with Crippen molar-refractivity contribution in [1.29, 1.82) is 5.41 Å². The molecule has 0 fully saturated rings. The molecule has 0 atom stereocenters. The molecule has 3 N–H and O–H groups in total. The maximum absolute atomic E-state index is 7.29. The zero-order chi connectivity index (χ0) is 9.68. The van der Waals surface area contributed by atoms with Gasteiger partial charge in [-0.3, -0.25) is 5.41 Å². The molecule has 0 heterocycles. The lowest BCUT2D eigenvalue weighted by Crippen LogP contribution is -2.32. The van der Waals surface area contributed by atoms with Gasteiger partial charge in [-0.1, -0.05) is 29.8 Å². The number of hydrogen-bond donors (Lipinski definition) is 3. The molecule has 0 unspecified atom stereocenters. The number of nitrogens with one attached hydrogen (secondary N) is 3. The number of guanidine groups is 1. The molecule has 0 spiro atoms. The normalized spacial score (nSPS) is 9.38. The Morgan fingerprint density at radius 2 is 2.15 bits per heavy atom. The first-order valence-corrected chi connectivity index (χ1v) is 4.35. The highest BCUT2D eigenvalue weighted by Crippen LogP contribution is 2.13. The van der Waals surface area contributed by atoms with Crippen LogP contribution in [0.4, 0.5) is 0 Å². The standard InChI is InChI=1S/C9H12ClN3/c1-12-9(11)13-6-7-4-2-3-5-8(7)10/h2-5H,6H2,1H3,(H3,11,12,13). The smallest absolute Gasteiger partial charge is 0.188 e. The molecule has 70 valence electrons. The van der Waals surface area contributed by atoms with E-state index in [2.05, 4.69) is 10.6 Å². The number of benzene rings is 1. The lowest BCUT2D eigenvalue weighted by molar-refractivity contribution is 0.861. The molecule has 0 amide bonds. The minimum atomic E-state index is 0.292. The molecule has 0 radical (unpaired) electrons. The van der Waals surface area contributed by atoms with Crippen molar-refractivity contribution >= 4 is 17.6 Å². The minimum Gasteiger partial charge on any atom is -0.360 e. The second kappa shape index (κ2) is 4.72. The van der Waals surface area contributed by atoms with Gasteiger partial charge in [0.25, 0.3) is 0 Å². The molecule has 0 aliphatic heterocycles. The number of halogens is 1. The van der Waals surface area contributed by atoms with Crippen LogP contribution in [0.25, 0.3) is 0 Å². The Kier molecular flexibility index (Phi) is 3.58. The quantitative estimate of drug-likeness (QED) is 0.498. The summed E-state index contributed by atoms with van der Waals surface area (Å²) in [6.45, 7) is 0.569. The summed E-state index contributed by atoms with van der Waals surface area (Å²) in [4.78, 5) is 0. The fourth-order valence-electron chi connectivity index (χ4n) is 0.914. The lowest BCUT2D eigenvalue weighted by Gasteiger charge is -2.07. The van der Waals surface area contributed by atoms with E-state index in [0.717, 1.165) is 10.6 Å². The summed E-state index contributed by atoms with van der Waals surface area (Å²) in [7, 11) is 1.70. The fraction of sp³-hybridized carbons (Fsp3) is 0.222. The van der Waals surface area contributed by atoms with Crippen LogP contribution < -0.4 is 10.6 Å². The van der Waals surface area contributed by atoms with Gasteiger partial charge in [0.2, 0.25) is 0 Å². The molecule has 0 aromatic heterocycles. The highest BCUT2D eigenvalue weighted by molar-refractivity contribution is 6.31. The Morgan fingerprint density at radius 1 is 1.46 bits per heavy atom. The van der Waals surface area contributed by atoms with E-state index in [-0.39, 0.29) is 0 Å². The molecule has 0 aliphatic rings.